The van der Waals surface area contributed by atoms with E-state index in [4.69, 9.17) is 0 Å². The average Bonchev–Trinajstić information content (AvgIpc) is 2.94. The van der Waals surface area contributed by atoms with Gasteiger partial charge in [0.05, 0.1) is 11.4 Å². The summed E-state index contributed by atoms with van der Waals surface area (Å²) in [5.74, 6) is 0. The highest BCUT2D eigenvalue weighted by Gasteiger charge is 2.38. The van der Waals surface area contributed by atoms with Crippen molar-refractivity contribution in [3.05, 3.63) is 152 Å². The fourth-order valence-electron chi connectivity index (χ4n) is 4.35. The van der Waals surface area contributed by atoms with E-state index in [2.05, 4.69) is 156 Å². The minimum Gasteiger partial charge on any atom is -0.270 e. The zero-order valence-electron chi connectivity index (χ0n) is 18.9. The largest absolute Gasteiger partial charge is 0.270 e. The van der Waals surface area contributed by atoms with Crippen LogP contribution in [-0.2, 0) is 0 Å². The Bertz CT molecular complexity index is 1240. The Morgan fingerprint density at radius 3 is 1.00 bits per heavy atom. The minimum atomic E-state index is -2.66. The van der Waals surface area contributed by atoms with Crippen molar-refractivity contribution in [2.75, 3.05) is 4.90 Å². The van der Waals surface area contributed by atoms with E-state index in [0.29, 0.717) is 0 Å². The Kier molecular flexibility index (Phi) is 6.38. The number of para-hydroxylation sites is 2. The number of hydrogen-bond donors (Lipinski definition) is 0. The summed E-state index contributed by atoms with van der Waals surface area (Å²) in [4.78, 5) is 2.11. The van der Waals surface area contributed by atoms with Crippen LogP contribution in [0.3, 0.4) is 0 Å². The van der Waals surface area contributed by atoms with Crippen LogP contribution in [0.15, 0.2) is 152 Å². The predicted octanol–water partition coefficient (Wildman–Crippen LogP) is 5.50. The van der Waals surface area contributed by atoms with Gasteiger partial charge in [-0.25, -0.2) is 0 Å². The second-order valence-electron chi connectivity index (χ2n) is 8.09. The highest BCUT2D eigenvalue weighted by molar-refractivity contribution is 7.16. The van der Waals surface area contributed by atoms with Crippen molar-refractivity contribution >= 4 is 35.0 Å². The average molecular weight is 452 g/mol. The molecule has 0 unspecified atom stereocenters. The van der Waals surface area contributed by atoms with E-state index in [0.717, 1.165) is 11.4 Å². The van der Waals surface area contributed by atoms with Gasteiger partial charge in [0.25, 0.3) is 0 Å². The van der Waals surface area contributed by atoms with E-state index in [9.17, 15) is 0 Å². The summed E-state index contributed by atoms with van der Waals surface area (Å²) in [5.41, 5.74) is 6.00. The molecule has 0 aliphatic heterocycles. The Morgan fingerprint density at radius 2 is 0.676 bits per heavy atom. The Morgan fingerprint density at radius 1 is 0.382 bits per heavy atom. The van der Waals surface area contributed by atoms with E-state index in [-0.39, 0.29) is 0 Å². The molecule has 0 fully saturated rings. The van der Waals surface area contributed by atoms with Crippen molar-refractivity contribution in [1.82, 2.24) is 0 Å². The molecule has 5 aromatic carbocycles. The molecule has 0 saturated heterocycles. The molecule has 0 N–H and O–H groups in total. The second-order valence-corrected chi connectivity index (χ2v) is 11.6. The molecular formula is C32H25NSi. The number of anilines is 2. The van der Waals surface area contributed by atoms with Gasteiger partial charge in [0.15, 0.2) is 0 Å². The van der Waals surface area contributed by atoms with Gasteiger partial charge in [0.2, 0.25) is 8.07 Å². The SMILES string of the molecule is C(#C[Si](c1ccccc1)(c1ccccc1)c1ccccc1)N(c1ccccc1)c1ccccc1. The van der Waals surface area contributed by atoms with Crippen LogP contribution in [0.1, 0.15) is 0 Å². The van der Waals surface area contributed by atoms with Crippen molar-refractivity contribution in [2.45, 2.75) is 0 Å². The Hall–Kier alpha value is -4.32. The molecule has 0 aliphatic carbocycles. The third-order valence-electron chi connectivity index (χ3n) is 6.00. The van der Waals surface area contributed by atoms with Crippen LogP contribution in [0.4, 0.5) is 11.4 Å². The molecular weight excluding hydrogens is 426 g/mol. The molecule has 0 spiro atoms. The summed E-state index contributed by atoms with van der Waals surface area (Å²) in [6.45, 7) is 0. The highest BCUT2D eigenvalue weighted by Crippen LogP contribution is 2.24. The standard InChI is InChI=1S/C32H25NSi/c1-6-16-28(17-7-1)33(29-18-8-2-9-19-29)26-27-34(30-20-10-3-11-21-30,31-22-12-4-13-23-31)32-24-14-5-15-25-32/h1-25H. The summed E-state index contributed by atoms with van der Waals surface area (Å²) in [7, 11) is -2.66. The lowest BCUT2D eigenvalue weighted by molar-refractivity contribution is 1.33. The van der Waals surface area contributed by atoms with Gasteiger partial charge in [-0.05, 0) is 39.8 Å². The maximum atomic E-state index is 3.89. The van der Waals surface area contributed by atoms with Gasteiger partial charge in [-0.3, -0.25) is 4.90 Å². The molecule has 0 atom stereocenters. The number of nitrogens with zero attached hydrogens (tertiary/aromatic N) is 1. The summed E-state index contributed by atoms with van der Waals surface area (Å²) in [5, 5.41) is 3.84. The molecule has 0 aliphatic rings. The smallest absolute Gasteiger partial charge is 0.232 e. The molecule has 0 radical (unpaired) electrons. The van der Waals surface area contributed by atoms with Crippen molar-refractivity contribution in [1.29, 1.82) is 0 Å². The van der Waals surface area contributed by atoms with Crippen molar-refractivity contribution in [3.63, 3.8) is 0 Å². The maximum Gasteiger partial charge on any atom is 0.232 e. The van der Waals surface area contributed by atoms with Crippen LogP contribution >= 0.6 is 0 Å². The first kappa shape index (κ1) is 21.5. The van der Waals surface area contributed by atoms with Gasteiger partial charge in [-0.1, -0.05) is 133 Å². The van der Waals surface area contributed by atoms with Crippen molar-refractivity contribution in [2.24, 2.45) is 0 Å². The number of hydrogen-bond acceptors (Lipinski definition) is 1. The molecule has 0 heterocycles. The van der Waals surface area contributed by atoms with Crippen LogP contribution in [-0.4, -0.2) is 8.07 Å². The zero-order valence-corrected chi connectivity index (χ0v) is 19.9. The Labute approximate surface area is 203 Å². The van der Waals surface area contributed by atoms with E-state index in [1.54, 1.807) is 0 Å². The maximum absolute atomic E-state index is 3.89. The molecule has 5 rings (SSSR count). The van der Waals surface area contributed by atoms with Gasteiger partial charge < -0.3 is 0 Å². The topological polar surface area (TPSA) is 3.24 Å². The molecule has 0 saturated carbocycles. The first-order valence-corrected chi connectivity index (χ1v) is 13.5. The minimum absolute atomic E-state index is 1.05. The van der Waals surface area contributed by atoms with Crippen LogP contribution in [0.25, 0.3) is 0 Å². The summed E-state index contributed by atoms with van der Waals surface area (Å²) in [6, 6.07) is 56.7. The summed E-state index contributed by atoms with van der Waals surface area (Å²) < 4.78 is 0. The van der Waals surface area contributed by atoms with Gasteiger partial charge in [0, 0.05) is 6.04 Å². The monoisotopic (exact) mass is 451 g/mol. The van der Waals surface area contributed by atoms with Crippen molar-refractivity contribution in [3.8, 4) is 11.6 Å². The number of rotatable bonds is 5. The fourth-order valence-corrected chi connectivity index (χ4v) is 8.14. The first-order valence-electron chi connectivity index (χ1n) is 11.5. The van der Waals surface area contributed by atoms with Gasteiger partial charge in [0.1, 0.15) is 0 Å². The first-order chi connectivity index (χ1) is 16.9. The lowest BCUT2D eigenvalue weighted by Crippen LogP contribution is -2.66. The van der Waals surface area contributed by atoms with E-state index in [1.165, 1.54) is 15.6 Å². The molecule has 34 heavy (non-hydrogen) atoms. The van der Waals surface area contributed by atoms with E-state index < -0.39 is 8.07 Å². The quantitative estimate of drug-likeness (QED) is 0.148. The highest BCUT2D eigenvalue weighted by atomic mass is 28.3. The summed E-state index contributed by atoms with van der Waals surface area (Å²) >= 11 is 0. The van der Waals surface area contributed by atoms with Crippen LogP contribution < -0.4 is 20.5 Å². The number of benzene rings is 5. The van der Waals surface area contributed by atoms with Crippen molar-refractivity contribution < 1.29 is 0 Å². The normalized spacial score (nSPS) is 10.7. The third kappa shape index (κ3) is 4.30. The van der Waals surface area contributed by atoms with Crippen LogP contribution in [0.5, 0.6) is 0 Å². The van der Waals surface area contributed by atoms with Gasteiger partial charge in [-0.2, -0.15) is 0 Å². The molecule has 0 bridgehead atoms. The van der Waals surface area contributed by atoms with E-state index in [1.807, 2.05) is 12.1 Å². The Balaban J connectivity index is 1.79. The summed E-state index contributed by atoms with van der Waals surface area (Å²) in [6.07, 6.45) is 0. The van der Waals surface area contributed by atoms with E-state index >= 15 is 0 Å². The zero-order chi connectivity index (χ0) is 23.1. The predicted molar refractivity (Wildman–Crippen MR) is 147 cm³/mol. The molecule has 0 aromatic heterocycles. The molecule has 162 valence electrons. The molecule has 0 amide bonds. The molecule has 2 heteroatoms. The molecule has 5 aromatic rings. The lowest BCUT2D eigenvalue weighted by Gasteiger charge is -2.28. The van der Waals surface area contributed by atoms with Crippen LogP contribution in [0, 0.1) is 11.6 Å². The van der Waals surface area contributed by atoms with Gasteiger partial charge in [-0.15, -0.1) is 0 Å². The fraction of sp³-hybridized carbons (Fsp3) is 0. The third-order valence-corrected chi connectivity index (χ3v) is 10.1. The van der Waals surface area contributed by atoms with Crippen LogP contribution in [0.2, 0.25) is 0 Å². The molecule has 1 nitrogen and oxygen atoms in total. The lowest BCUT2D eigenvalue weighted by atomic mass is 10.2. The second kappa shape index (κ2) is 10.1. The van der Waals surface area contributed by atoms with Gasteiger partial charge >= 0.3 is 0 Å².